The molecular weight excluding hydrogens is 174 g/mol. The molecule has 0 unspecified atom stereocenters. The molecule has 0 spiro atoms. The molecule has 0 aliphatic rings. The van der Waals surface area contributed by atoms with E-state index < -0.39 is 0 Å². The summed E-state index contributed by atoms with van der Waals surface area (Å²) in [6.45, 7) is 7.51. The largest absolute Gasteiger partial charge is 0.365 e. The van der Waals surface area contributed by atoms with Crippen LogP contribution in [0, 0.1) is 0 Å². The van der Waals surface area contributed by atoms with Crippen LogP contribution in [0.15, 0.2) is 18.3 Å². The van der Waals surface area contributed by atoms with Crippen LogP contribution in [0.5, 0.6) is 0 Å². The predicted molar refractivity (Wildman–Crippen MR) is 60.6 cm³/mol. The van der Waals surface area contributed by atoms with E-state index in [1.165, 1.54) is 5.69 Å². The van der Waals surface area contributed by atoms with E-state index in [0.29, 0.717) is 0 Å². The molecule has 1 heterocycles. The van der Waals surface area contributed by atoms with Crippen molar-refractivity contribution in [3.05, 3.63) is 24.0 Å². The summed E-state index contributed by atoms with van der Waals surface area (Å²) in [4.78, 5) is 3.26. The number of rotatable bonds is 6. The van der Waals surface area contributed by atoms with E-state index in [4.69, 9.17) is 0 Å². The van der Waals surface area contributed by atoms with Crippen molar-refractivity contribution in [2.45, 2.75) is 19.3 Å². The molecule has 0 aliphatic heterocycles. The first kappa shape index (κ1) is 11.3. The third-order valence-electron chi connectivity index (χ3n) is 2.45. The Labute approximate surface area is 86.3 Å². The zero-order valence-corrected chi connectivity index (χ0v) is 9.35. The van der Waals surface area contributed by atoms with E-state index in [2.05, 4.69) is 35.5 Å². The molecule has 3 N–H and O–H groups in total. The van der Waals surface area contributed by atoms with Crippen LogP contribution < -0.4 is 10.6 Å². The van der Waals surface area contributed by atoms with Gasteiger partial charge in [0.05, 0.1) is 0 Å². The molecule has 0 radical (unpaired) electrons. The fourth-order valence-electron chi connectivity index (χ4n) is 1.46. The van der Waals surface area contributed by atoms with Crippen molar-refractivity contribution in [3.63, 3.8) is 0 Å². The van der Waals surface area contributed by atoms with Gasteiger partial charge in [0.1, 0.15) is 0 Å². The zero-order valence-electron chi connectivity index (χ0n) is 9.35. The lowest BCUT2D eigenvalue weighted by Crippen LogP contribution is -2.36. The van der Waals surface area contributed by atoms with Crippen molar-refractivity contribution in [2.24, 2.45) is 0 Å². The van der Waals surface area contributed by atoms with Crippen LogP contribution in [-0.2, 0) is 5.41 Å². The number of hydrogen-bond donors (Lipinski definition) is 3. The lowest BCUT2D eigenvalue weighted by atomic mass is 9.89. The standard InChI is InChI=1S/C11H21N3/c1-11(2,9-13-8-7-12-3)10-5-4-6-14-10/h4-6,12-14H,7-9H2,1-3H3. The number of aromatic amines is 1. The second-order valence-corrected chi connectivity index (χ2v) is 4.25. The third kappa shape index (κ3) is 3.16. The minimum Gasteiger partial charge on any atom is -0.365 e. The van der Waals surface area contributed by atoms with Gasteiger partial charge in [0.2, 0.25) is 0 Å². The topological polar surface area (TPSA) is 39.8 Å². The van der Waals surface area contributed by atoms with Crippen molar-refractivity contribution in [3.8, 4) is 0 Å². The van der Waals surface area contributed by atoms with Crippen molar-refractivity contribution < 1.29 is 0 Å². The molecular formula is C11H21N3. The molecule has 0 amide bonds. The second-order valence-electron chi connectivity index (χ2n) is 4.25. The Balaban J connectivity index is 2.35. The predicted octanol–water partition coefficient (Wildman–Crippen LogP) is 1.10. The van der Waals surface area contributed by atoms with E-state index in [0.717, 1.165) is 19.6 Å². The Morgan fingerprint density at radius 3 is 2.71 bits per heavy atom. The minimum atomic E-state index is 0.178. The first-order valence-corrected chi connectivity index (χ1v) is 5.16. The van der Waals surface area contributed by atoms with E-state index in [-0.39, 0.29) is 5.41 Å². The third-order valence-corrected chi connectivity index (χ3v) is 2.45. The quantitative estimate of drug-likeness (QED) is 0.595. The van der Waals surface area contributed by atoms with E-state index >= 15 is 0 Å². The number of hydrogen-bond acceptors (Lipinski definition) is 2. The van der Waals surface area contributed by atoms with E-state index in [1.807, 2.05) is 19.3 Å². The smallest absolute Gasteiger partial charge is 0.0217 e. The van der Waals surface area contributed by atoms with Gasteiger partial charge in [0, 0.05) is 36.9 Å². The normalized spacial score (nSPS) is 11.9. The highest BCUT2D eigenvalue weighted by Crippen LogP contribution is 2.19. The SMILES string of the molecule is CNCCNCC(C)(C)c1ccc[nH]1. The molecule has 0 atom stereocenters. The van der Waals surface area contributed by atoms with Crippen LogP contribution in [0.2, 0.25) is 0 Å². The summed E-state index contributed by atoms with van der Waals surface area (Å²) in [5.41, 5.74) is 1.46. The van der Waals surface area contributed by atoms with E-state index in [9.17, 15) is 0 Å². The summed E-state index contributed by atoms with van der Waals surface area (Å²) >= 11 is 0. The fraction of sp³-hybridized carbons (Fsp3) is 0.636. The van der Waals surface area contributed by atoms with Gasteiger partial charge >= 0.3 is 0 Å². The Bertz CT molecular complexity index is 239. The lowest BCUT2D eigenvalue weighted by Gasteiger charge is -2.24. The van der Waals surface area contributed by atoms with Crippen molar-refractivity contribution in [1.29, 1.82) is 0 Å². The summed E-state index contributed by atoms with van der Waals surface area (Å²) in [7, 11) is 1.97. The maximum atomic E-state index is 3.43. The van der Waals surface area contributed by atoms with Crippen LogP contribution >= 0.6 is 0 Å². The molecule has 0 saturated heterocycles. The first-order chi connectivity index (χ1) is 6.67. The summed E-state index contributed by atoms with van der Waals surface area (Å²) in [6, 6.07) is 4.18. The highest BCUT2D eigenvalue weighted by Gasteiger charge is 2.20. The zero-order chi connectivity index (χ0) is 10.4. The highest BCUT2D eigenvalue weighted by molar-refractivity contribution is 5.15. The maximum absolute atomic E-state index is 3.43. The Morgan fingerprint density at radius 1 is 1.36 bits per heavy atom. The van der Waals surface area contributed by atoms with Crippen molar-refractivity contribution in [2.75, 3.05) is 26.7 Å². The molecule has 1 aromatic rings. The molecule has 0 aliphatic carbocycles. The molecule has 3 heteroatoms. The molecule has 0 aromatic carbocycles. The molecule has 1 aromatic heterocycles. The molecule has 3 nitrogen and oxygen atoms in total. The average molecular weight is 195 g/mol. The van der Waals surface area contributed by atoms with Crippen LogP contribution in [0.1, 0.15) is 19.5 Å². The number of nitrogens with one attached hydrogen (secondary N) is 3. The van der Waals surface area contributed by atoms with Gasteiger partial charge in [-0.05, 0) is 19.2 Å². The Morgan fingerprint density at radius 2 is 2.14 bits per heavy atom. The Hall–Kier alpha value is -0.800. The van der Waals surface area contributed by atoms with E-state index in [1.54, 1.807) is 0 Å². The molecule has 1 rings (SSSR count). The molecule has 0 saturated carbocycles. The van der Waals surface area contributed by atoms with Crippen LogP contribution in [0.25, 0.3) is 0 Å². The van der Waals surface area contributed by atoms with Gasteiger partial charge in [-0.25, -0.2) is 0 Å². The van der Waals surface area contributed by atoms with Gasteiger partial charge in [-0.3, -0.25) is 0 Å². The Kier molecular flexibility index (Phi) is 4.17. The molecule has 0 fully saturated rings. The van der Waals surface area contributed by atoms with Gasteiger partial charge < -0.3 is 15.6 Å². The van der Waals surface area contributed by atoms with Crippen molar-refractivity contribution >= 4 is 0 Å². The van der Waals surface area contributed by atoms with Crippen LogP contribution in [0.4, 0.5) is 0 Å². The lowest BCUT2D eigenvalue weighted by molar-refractivity contribution is 0.459. The summed E-state index contributed by atoms with van der Waals surface area (Å²) in [6.07, 6.45) is 1.98. The minimum absolute atomic E-state index is 0.178. The van der Waals surface area contributed by atoms with Crippen LogP contribution in [-0.4, -0.2) is 31.7 Å². The number of likely N-dealkylation sites (N-methyl/N-ethyl adjacent to an activating group) is 1. The second kappa shape index (κ2) is 5.17. The summed E-state index contributed by atoms with van der Waals surface area (Å²) in [5, 5.41) is 6.55. The monoisotopic (exact) mass is 195 g/mol. The molecule has 0 bridgehead atoms. The average Bonchev–Trinajstić information content (AvgIpc) is 2.65. The van der Waals surface area contributed by atoms with Gasteiger partial charge in [0.25, 0.3) is 0 Å². The number of H-pyrrole nitrogens is 1. The maximum Gasteiger partial charge on any atom is 0.0217 e. The highest BCUT2D eigenvalue weighted by atomic mass is 14.9. The molecule has 80 valence electrons. The summed E-state index contributed by atoms with van der Waals surface area (Å²) in [5.74, 6) is 0. The number of aromatic nitrogens is 1. The fourth-order valence-corrected chi connectivity index (χ4v) is 1.46. The molecule has 14 heavy (non-hydrogen) atoms. The van der Waals surface area contributed by atoms with Gasteiger partial charge in [-0.15, -0.1) is 0 Å². The van der Waals surface area contributed by atoms with Gasteiger partial charge in [-0.2, -0.15) is 0 Å². The first-order valence-electron chi connectivity index (χ1n) is 5.16. The summed E-state index contributed by atoms with van der Waals surface area (Å²) < 4.78 is 0. The van der Waals surface area contributed by atoms with Crippen molar-refractivity contribution in [1.82, 2.24) is 15.6 Å². The van der Waals surface area contributed by atoms with Gasteiger partial charge in [-0.1, -0.05) is 13.8 Å². The van der Waals surface area contributed by atoms with Crippen LogP contribution in [0.3, 0.4) is 0 Å². The van der Waals surface area contributed by atoms with Gasteiger partial charge in [0.15, 0.2) is 0 Å².